The molecule has 4 amide bonds. The van der Waals surface area contributed by atoms with Gasteiger partial charge in [-0.05, 0) is 61.6 Å². The minimum Gasteiger partial charge on any atom is -0.367 e. The molecule has 0 spiro atoms. The van der Waals surface area contributed by atoms with Gasteiger partial charge in [-0.25, -0.2) is 22.2 Å². The molecule has 60 heavy (non-hydrogen) atoms. The summed E-state index contributed by atoms with van der Waals surface area (Å²) in [6.45, 7) is 1.81. The van der Waals surface area contributed by atoms with Crippen molar-refractivity contribution in [3.05, 3.63) is 87.6 Å². The number of hydrogen-bond acceptors (Lipinski definition) is 12. The lowest BCUT2D eigenvalue weighted by Crippen LogP contribution is -2.54. The van der Waals surface area contributed by atoms with Crippen LogP contribution in [0, 0.1) is 5.82 Å². The summed E-state index contributed by atoms with van der Waals surface area (Å²) in [4.78, 5) is 77.0. The van der Waals surface area contributed by atoms with Crippen LogP contribution in [0.5, 0.6) is 0 Å². The van der Waals surface area contributed by atoms with E-state index in [0.717, 1.165) is 46.5 Å². The number of piperazine rings is 1. The Labute approximate surface area is 343 Å². The molecule has 1 aliphatic carbocycles. The second-order valence-corrected chi connectivity index (χ2v) is 18.0. The molecule has 314 valence electrons. The first-order chi connectivity index (χ1) is 28.8. The van der Waals surface area contributed by atoms with Crippen molar-refractivity contribution in [1.82, 2.24) is 34.0 Å². The van der Waals surface area contributed by atoms with E-state index in [1.165, 1.54) is 18.2 Å². The van der Waals surface area contributed by atoms with E-state index < -0.39 is 57.7 Å². The Morgan fingerprint density at radius 1 is 0.867 bits per heavy atom. The van der Waals surface area contributed by atoms with Gasteiger partial charge >= 0.3 is 0 Å². The molecule has 2 N–H and O–H groups in total. The van der Waals surface area contributed by atoms with Crippen LogP contribution in [0.4, 0.5) is 20.4 Å². The smallest absolute Gasteiger partial charge is 0.262 e. The zero-order chi connectivity index (χ0) is 41.9. The number of aromatic nitrogens is 3. The van der Waals surface area contributed by atoms with Crippen molar-refractivity contribution in [3.63, 3.8) is 0 Å². The Kier molecular flexibility index (Phi) is 10.4. The number of carbonyl (C=O) groups excluding carboxylic acids is 4. The number of pyridine rings is 1. The SMILES string of the molecule is O=C1CCC(N2C(=O)c3cc(F)c(N4CCN(Cc5cccc(S(=O)(=O)N6CC[C@H](Nc7ncc8ccc(=O)n(C9CCCC9)c8n7)[C@@H](F)C6)c5)CC4)cc3C2=O)C(=O)N1. The van der Waals surface area contributed by atoms with Gasteiger partial charge < -0.3 is 10.2 Å². The standard InChI is InChI=1S/C41H43F2N9O7S/c42-30-19-28-29(40(57)52(39(28)56)33-9-10-35(53)46-38(33)55)20-34(30)49-16-14-48(15-17-49)22-24-4-3-7-27(18-24)60(58,59)50-13-12-32(31(43)23-50)45-41-44-21-25-8-11-36(54)51(37(25)47-41)26-5-1-2-6-26/h3-4,7-8,11,18-21,26,31-33H,1-2,5-6,9-10,12-17,22-23H2,(H,44,45,47)(H,46,53,55)/t31-,32-,33?/m0/s1. The largest absolute Gasteiger partial charge is 0.367 e. The molecule has 4 aromatic rings. The summed E-state index contributed by atoms with van der Waals surface area (Å²) in [7, 11) is -4.05. The van der Waals surface area contributed by atoms with Gasteiger partial charge in [-0.15, -0.1) is 0 Å². The number of benzene rings is 2. The predicted octanol–water partition coefficient (Wildman–Crippen LogP) is 2.98. The fraction of sp³-hybridized carbons (Fsp3) is 0.439. The topological polar surface area (TPSA) is 187 Å². The molecule has 4 aliphatic heterocycles. The Balaban J connectivity index is 0.815. The number of rotatable bonds is 9. The van der Waals surface area contributed by atoms with Crippen molar-refractivity contribution in [2.24, 2.45) is 0 Å². The maximum absolute atomic E-state index is 15.8. The van der Waals surface area contributed by atoms with Crippen LogP contribution in [-0.4, -0.2) is 118 Å². The molecule has 5 aliphatic rings. The Hall–Kier alpha value is -5.66. The van der Waals surface area contributed by atoms with E-state index in [4.69, 9.17) is 0 Å². The highest BCUT2D eigenvalue weighted by Gasteiger charge is 2.45. The molecule has 3 saturated heterocycles. The van der Waals surface area contributed by atoms with E-state index in [2.05, 4.69) is 25.5 Å². The predicted molar refractivity (Wildman–Crippen MR) is 214 cm³/mol. The van der Waals surface area contributed by atoms with Gasteiger partial charge in [0.1, 0.15) is 23.7 Å². The highest BCUT2D eigenvalue weighted by molar-refractivity contribution is 7.89. The molecular formula is C41H43F2N9O7S. The molecule has 9 rings (SSSR count). The number of hydrogen-bond donors (Lipinski definition) is 2. The summed E-state index contributed by atoms with van der Waals surface area (Å²) in [5, 5.41) is 5.91. The first-order valence-electron chi connectivity index (χ1n) is 20.3. The highest BCUT2D eigenvalue weighted by Crippen LogP contribution is 2.34. The number of anilines is 2. The molecule has 1 saturated carbocycles. The number of nitrogens with zero attached hydrogens (tertiary/aromatic N) is 7. The molecule has 4 fully saturated rings. The minimum atomic E-state index is -4.05. The van der Waals surface area contributed by atoms with Gasteiger partial charge in [-0.2, -0.15) is 9.29 Å². The van der Waals surface area contributed by atoms with Gasteiger partial charge in [0.05, 0.1) is 27.8 Å². The normalized spacial score (nSPS) is 23.4. The Morgan fingerprint density at radius 3 is 2.35 bits per heavy atom. The quantitative estimate of drug-likeness (QED) is 0.235. The second kappa shape index (κ2) is 15.7. The third-order valence-electron chi connectivity index (χ3n) is 12.3. The van der Waals surface area contributed by atoms with Crippen molar-refractivity contribution >= 4 is 56.3 Å². The van der Waals surface area contributed by atoms with Crippen LogP contribution in [0.3, 0.4) is 0 Å². The zero-order valence-corrected chi connectivity index (χ0v) is 33.4. The van der Waals surface area contributed by atoms with Crippen LogP contribution in [0.1, 0.15) is 77.3 Å². The summed E-state index contributed by atoms with van der Waals surface area (Å²) in [5.74, 6) is -3.24. The number of imide groups is 2. The van der Waals surface area contributed by atoms with Crippen LogP contribution in [0.2, 0.25) is 0 Å². The number of halogens is 2. The van der Waals surface area contributed by atoms with E-state index in [1.807, 2.05) is 6.07 Å². The molecule has 0 radical (unpaired) electrons. The van der Waals surface area contributed by atoms with Crippen LogP contribution >= 0.6 is 0 Å². The number of fused-ring (bicyclic) bond motifs is 2. The van der Waals surface area contributed by atoms with E-state index in [0.29, 0.717) is 43.8 Å². The summed E-state index contributed by atoms with van der Waals surface area (Å²) in [6.07, 6.45) is 4.03. The van der Waals surface area contributed by atoms with Crippen molar-refractivity contribution in [2.75, 3.05) is 49.5 Å². The molecule has 19 heteroatoms. The lowest BCUT2D eigenvalue weighted by atomic mass is 10.0. The van der Waals surface area contributed by atoms with Crippen LogP contribution in [0.15, 0.2) is 64.4 Å². The van der Waals surface area contributed by atoms with Gasteiger partial charge in [-0.3, -0.25) is 43.7 Å². The fourth-order valence-electron chi connectivity index (χ4n) is 9.13. The average Bonchev–Trinajstić information content (AvgIpc) is 3.84. The maximum Gasteiger partial charge on any atom is 0.262 e. The third-order valence-corrected chi connectivity index (χ3v) is 14.2. The molecule has 16 nitrogen and oxygen atoms in total. The molecule has 1 unspecified atom stereocenters. The number of amides is 4. The van der Waals surface area contributed by atoms with E-state index in [1.54, 1.807) is 33.9 Å². The monoisotopic (exact) mass is 843 g/mol. The summed E-state index contributed by atoms with van der Waals surface area (Å²) >= 11 is 0. The van der Waals surface area contributed by atoms with Gasteiger partial charge in [0, 0.05) is 75.9 Å². The number of piperidine rings is 2. The zero-order valence-electron chi connectivity index (χ0n) is 32.6. The minimum absolute atomic E-state index is 0.00655. The van der Waals surface area contributed by atoms with Crippen molar-refractivity contribution in [1.29, 1.82) is 0 Å². The number of sulfonamides is 1. The van der Waals surface area contributed by atoms with Gasteiger partial charge in [0.15, 0.2) is 0 Å². The Morgan fingerprint density at radius 2 is 1.62 bits per heavy atom. The number of carbonyl (C=O) groups is 4. The lowest BCUT2D eigenvalue weighted by Gasteiger charge is -2.36. The van der Waals surface area contributed by atoms with Crippen molar-refractivity contribution < 1.29 is 36.4 Å². The van der Waals surface area contributed by atoms with Gasteiger partial charge in [0.25, 0.3) is 17.4 Å². The summed E-state index contributed by atoms with van der Waals surface area (Å²) in [5.41, 5.74) is 1.09. The first kappa shape index (κ1) is 39.8. The first-order valence-corrected chi connectivity index (χ1v) is 21.7. The molecule has 2 aromatic carbocycles. The van der Waals surface area contributed by atoms with Gasteiger partial charge in [0.2, 0.25) is 27.8 Å². The van der Waals surface area contributed by atoms with Crippen LogP contribution in [-0.2, 0) is 26.2 Å². The summed E-state index contributed by atoms with van der Waals surface area (Å²) in [6, 6.07) is 10.3. The van der Waals surface area contributed by atoms with Crippen LogP contribution < -0.4 is 21.1 Å². The van der Waals surface area contributed by atoms with Gasteiger partial charge in [-0.1, -0.05) is 25.0 Å². The summed E-state index contributed by atoms with van der Waals surface area (Å²) < 4.78 is 61.7. The maximum atomic E-state index is 15.8. The number of nitrogens with one attached hydrogen (secondary N) is 2. The fourth-order valence-corrected chi connectivity index (χ4v) is 10.7. The van der Waals surface area contributed by atoms with E-state index >= 15 is 8.78 Å². The molecule has 3 atom stereocenters. The van der Waals surface area contributed by atoms with Crippen molar-refractivity contribution in [3.8, 4) is 0 Å². The molecule has 2 aromatic heterocycles. The van der Waals surface area contributed by atoms with Crippen LogP contribution in [0.25, 0.3) is 11.0 Å². The molecular weight excluding hydrogens is 801 g/mol. The Bertz CT molecular complexity index is 2590. The lowest BCUT2D eigenvalue weighted by molar-refractivity contribution is -0.136. The van der Waals surface area contributed by atoms with E-state index in [-0.39, 0.29) is 71.6 Å². The molecule has 6 heterocycles. The number of alkyl halides is 1. The third kappa shape index (κ3) is 7.31. The molecule has 0 bridgehead atoms. The highest BCUT2D eigenvalue weighted by atomic mass is 32.2. The van der Waals surface area contributed by atoms with Crippen molar-refractivity contribution in [2.45, 2.75) is 80.7 Å². The average molecular weight is 844 g/mol. The van der Waals surface area contributed by atoms with E-state index in [9.17, 15) is 32.4 Å². The second-order valence-electron chi connectivity index (χ2n) is 16.1.